The molecule has 1 spiro atoms. The van der Waals surface area contributed by atoms with E-state index in [-0.39, 0.29) is 17.5 Å². The van der Waals surface area contributed by atoms with Crippen LogP contribution in [0.5, 0.6) is 5.75 Å². The van der Waals surface area contributed by atoms with E-state index in [1.807, 2.05) is 0 Å². The van der Waals surface area contributed by atoms with Crippen LogP contribution >= 0.6 is 0 Å². The molecule has 2 heterocycles. The number of rotatable bonds is 1. The van der Waals surface area contributed by atoms with E-state index in [1.165, 1.54) is 12.1 Å². The summed E-state index contributed by atoms with van der Waals surface area (Å²) >= 11 is 0. The van der Waals surface area contributed by atoms with Crippen LogP contribution in [0.15, 0.2) is 18.2 Å². The van der Waals surface area contributed by atoms with Crippen molar-refractivity contribution in [1.82, 2.24) is 4.90 Å². The highest BCUT2D eigenvalue weighted by molar-refractivity contribution is 5.39. The van der Waals surface area contributed by atoms with Crippen molar-refractivity contribution in [3.63, 3.8) is 0 Å². The number of nitrogens with two attached hydrogens (primary N) is 1. The third-order valence-electron chi connectivity index (χ3n) is 4.50. The van der Waals surface area contributed by atoms with Gasteiger partial charge in [-0.05, 0) is 37.6 Å². The van der Waals surface area contributed by atoms with Gasteiger partial charge in [-0.1, -0.05) is 6.92 Å². The molecule has 1 aromatic rings. The minimum Gasteiger partial charge on any atom is -0.487 e. The third-order valence-corrected chi connectivity index (χ3v) is 4.50. The molecule has 1 atom stereocenters. The number of piperidine rings is 1. The lowest BCUT2D eigenvalue weighted by Gasteiger charge is -2.46. The number of fused-ring (bicyclic) bond motifs is 1. The van der Waals surface area contributed by atoms with E-state index < -0.39 is 0 Å². The van der Waals surface area contributed by atoms with Crippen molar-refractivity contribution in [3.05, 3.63) is 29.6 Å². The van der Waals surface area contributed by atoms with Gasteiger partial charge in [0.05, 0.1) is 0 Å². The van der Waals surface area contributed by atoms with Gasteiger partial charge in [0.2, 0.25) is 0 Å². The van der Waals surface area contributed by atoms with E-state index in [4.69, 9.17) is 10.5 Å². The van der Waals surface area contributed by atoms with Gasteiger partial charge in [0.25, 0.3) is 0 Å². The van der Waals surface area contributed by atoms with Gasteiger partial charge in [-0.25, -0.2) is 4.39 Å². The van der Waals surface area contributed by atoms with Gasteiger partial charge in [-0.15, -0.1) is 0 Å². The molecule has 0 radical (unpaired) electrons. The SMILES string of the molecule is CCN1CCC2(CC1)C[C@H](N)c1cc(F)ccc1O2. The predicted molar refractivity (Wildman–Crippen MR) is 72.7 cm³/mol. The average molecular weight is 264 g/mol. The smallest absolute Gasteiger partial charge is 0.125 e. The van der Waals surface area contributed by atoms with Crippen molar-refractivity contribution >= 4 is 0 Å². The minimum absolute atomic E-state index is 0.118. The first-order valence-electron chi connectivity index (χ1n) is 7.08. The Morgan fingerprint density at radius 1 is 1.42 bits per heavy atom. The predicted octanol–water partition coefficient (Wildman–Crippen LogP) is 2.46. The second-order valence-corrected chi connectivity index (χ2v) is 5.71. The van der Waals surface area contributed by atoms with Crippen LogP contribution in [0.3, 0.4) is 0 Å². The van der Waals surface area contributed by atoms with E-state index in [0.717, 1.165) is 50.2 Å². The van der Waals surface area contributed by atoms with Gasteiger partial charge >= 0.3 is 0 Å². The molecule has 0 aliphatic carbocycles. The van der Waals surface area contributed by atoms with Gasteiger partial charge < -0.3 is 15.4 Å². The lowest BCUT2D eigenvalue weighted by molar-refractivity contribution is -0.0206. The van der Waals surface area contributed by atoms with Gasteiger partial charge in [-0.2, -0.15) is 0 Å². The molecule has 0 amide bonds. The number of ether oxygens (including phenoxy) is 1. The van der Waals surface area contributed by atoms with Crippen molar-refractivity contribution in [2.24, 2.45) is 5.73 Å². The summed E-state index contributed by atoms with van der Waals surface area (Å²) in [6.07, 6.45) is 2.80. The second-order valence-electron chi connectivity index (χ2n) is 5.71. The van der Waals surface area contributed by atoms with Crippen LogP contribution < -0.4 is 10.5 Å². The molecule has 0 bridgehead atoms. The zero-order valence-corrected chi connectivity index (χ0v) is 11.4. The minimum atomic E-state index is -0.241. The van der Waals surface area contributed by atoms with Crippen LogP contribution in [0.2, 0.25) is 0 Å². The van der Waals surface area contributed by atoms with Crippen LogP contribution in [0.25, 0.3) is 0 Å². The van der Waals surface area contributed by atoms with Crippen molar-refractivity contribution in [3.8, 4) is 5.75 Å². The fourth-order valence-electron chi connectivity index (χ4n) is 3.27. The van der Waals surface area contributed by atoms with Gasteiger partial charge in [-0.3, -0.25) is 0 Å². The Kier molecular flexibility index (Phi) is 3.23. The lowest BCUT2D eigenvalue weighted by atomic mass is 9.81. The summed E-state index contributed by atoms with van der Waals surface area (Å²) in [5, 5.41) is 0. The molecule has 19 heavy (non-hydrogen) atoms. The van der Waals surface area contributed by atoms with Crippen LogP contribution in [0.4, 0.5) is 4.39 Å². The summed E-state index contributed by atoms with van der Waals surface area (Å²) < 4.78 is 19.5. The maximum atomic E-state index is 13.3. The fourth-order valence-corrected chi connectivity index (χ4v) is 3.27. The topological polar surface area (TPSA) is 38.5 Å². The number of halogens is 1. The van der Waals surface area contributed by atoms with Crippen molar-refractivity contribution in [2.75, 3.05) is 19.6 Å². The highest BCUT2D eigenvalue weighted by Crippen LogP contribution is 2.43. The van der Waals surface area contributed by atoms with Crippen LogP contribution in [-0.2, 0) is 0 Å². The fraction of sp³-hybridized carbons (Fsp3) is 0.600. The van der Waals surface area contributed by atoms with E-state index in [1.54, 1.807) is 6.07 Å². The molecule has 1 aromatic carbocycles. The van der Waals surface area contributed by atoms with Gasteiger partial charge in [0.1, 0.15) is 17.2 Å². The zero-order valence-electron chi connectivity index (χ0n) is 11.4. The first kappa shape index (κ1) is 12.9. The summed E-state index contributed by atoms with van der Waals surface area (Å²) in [5.74, 6) is 0.527. The third kappa shape index (κ3) is 2.35. The molecule has 2 aliphatic rings. The zero-order chi connectivity index (χ0) is 13.5. The van der Waals surface area contributed by atoms with Crippen LogP contribution in [0, 0.1) is 5.82 Å². The Labute approximate surface area is 113 Å². The molecule has 0 unspecified atom stereocenters. The number of likely N-dealkylation sites (tertiary alicyclic amines) is 1. The Morgan fingerprint density at radius 2 is 2.16 bits per heavy atom. The maximum absolute atomic E-state index is 13.3. The standard InChI is InChI=1S/C15H21FN2O/c1-2-18-7-5-15(6-8-18)10-13(17)12-9-11(16)3-4-14(12)19-15/h3-4,9,13H,2,5-8,10,17H2,1H3/t13-/m0/s1. The summed E-state index contributed by atoms with van der Waals surface area (Å²) in [4.78, 5) is 2.43. The Balaban J connectivity index is 1.83. The quantitative estimate of drug-likeness (QED) is 0.847. The van der Waals surface area contributed by atoms with Crippen molar-refractivity contribution in [2.45, 2.75) is 37.8 Å². The normalized spacial score (nSPS) is 25.9. The molecular weight excluding hydrogens is 243 g/mol. The molecule has 2 aliphatic heterocycles. The van der Waals surface area contributed by atoms with Gasteiger partial charge in [0.15, 0.2) is 0 Å². The molecule has 104 valence electrons. The lowest BCUT2D eigenvalue weighted by Crippen LogP contribution is -2.51. The molecule has 3 rings (SSSR count). The molecule has 2 N–H and O–H groups in total. The molecule has 0 aromatic heterocycles. The first-order chi connectivity index (χ1) is 9.12. The highest BCUT2D eigenvalue weighted by atomic mass is 19.1. The molecule has 3 nitrogen and oxygen atoms in total. The average Bonchev–Trinajstić information content (AvgIpc) is 2.41. The van der Waals surface area contributed by atoms with E-state index in [0.29, 0.717) is 0 Å². The maximum Gasteiger partial charge on any atom is 0.125 e. The Morgan fingerprint density at radius 3 is 2.84 bits per heavy atom. The van der Waals surface area contributed by atoms with Crippen molar-refractivity contribution in [1.29, 1.82) is 0 Å². The molecule has 1 saturated heterocycles. The van der Waals surface area contributed by atoms with Gasteiger partial charge in [0, 0.05) is 31.1 Å². The van der Waals surface area contributed by atoms with E-state index in [2.05, 4.69) is 11.8 Å². The molecule has 0 saturated carbocycles. The highest BCUT2D eigenvalue weighted by Gasteiger charge is 2.42. The summed E-state index contributed by atoms with van der Waals surface area (Å²) in [6.45, 7) is 5.38. The first-order valence-corrected chi connectivity index (χ1v) is 7.08. The molecular formula is C15H21FN2O. The molecule has 4 heteroatoms. The Bertz CT molecular complexity index is 469. The van der Waals surface area contributed by atoms with Crippen molar-refractivity contribution < 1.29 is 9.13 Å². The summed E-state index contributed by atoms with van der Waals surface area (Å²) in [5.41, 5.74) is 6.89. The summed E-state index contributed by atoms with van der Waals surface area (Å²) in [6, 6.07) is 4.56. The second kappa shape index (κ2) is 4.76. The molecule has 1 fully saturated rings. The monoisotopic (exact) mass is 264 g/mol. The number of benzene rings is 1. The van der Waals surface area contributed by atoms with E-state index in [9.17, 15) is 4.39 Å². The number of hydrogen-bond donors (Lipinski definition) is 1. The van der Waals surface area contributed by atoms with Crippen LogP contribution in [-0.4, -0.2) is 30.1 Å². The summed E-state index contributed by atoms with van der Waals surface area (Å²) in [7, 11) is 0. The number of hydrogen-bond acceptors (Lipinski definition) is 3. The van der Waals surface area contributed by atoms with E-state index >= 15 is 0 Å². The van der Waals surface area contributed by atoms with Crippen LogP contribution in [0.1, 0.15) is 37.8 Å². The Hall–Kier alpha value is -1.13. The number of nitrogens with zero attached hydrogens (tertiary/aromatic N) is 1. The largest absolute Gasteiger partial charge is 0.487 e.